The van der Waals surface area contributed by atoms with Gasteiger partial charge in [-0.3, -0.25) is 0 Å². The average molecular weight is 235 g/mol. The topological polar surface area (TPSA) is 29.5 Å². The summed E-state index contributed by atoms with van der Waals surface area (Å²) in [7, 11) is 1.39. The number of esters is 1. The summed E-state index contributed by atoms with van der Waals surface area (Å²) in [5.41, 5.74) is 1.71. The third-order valence-electron chi connectivity index (χ3n) is 2.70. The Morgan fingerprint density at radius 1 is 1.06 bits per heavy atom. The van der Waals surface area contributed by atoms with Gasteiger partial charge in [0.2, 0.25) is 0 Å². The second kappa shape index (κ2) is 5.71. The van der Waals surface area contributed by atoms with Crippen molar-refractivity contribution in [1.82, 2.24) is 0 Å². The van der Waals surface area contributed by atoms with Gasteiger partial charge in [0.1, 0.15) is 0 Å². The highest BCUT2D eigenvalue weighted by atomic mass is 16.5. The fourth-order valence-electron chi connectivity index (χ4n) is 2.08. The Balaban J connectivity index is 2.96. The molecule has 1 aromatic carbocycles. The van der Waals surface area contributed by atoms with Crippen LogP contribution in [-0.2, 0) is 4.74 Å². The van der Waals surface area contributed by atoms with Crippen LogP contribution in [-0.4, -0.2) is 25.2 Å². The lowest BCUT2D eigenvalue weighted by Crippen LogP contribution is -2.36. The Kier molecular flexibility index (Phi) is 4.55. The van der Waals surface area contributed by atoms with Crippen LogP contribution in [0.4, 0.5) is 5.69 Å². The second-order valence-corrected chi connectivity index (χ2v) is 4.63. The molecule has 1 aromatic rings. The van der Waals surface area contributed by atoms with Gasteiger partial charge in [0.05, 0.1) is 12.7 Å². The molecule has 0 unspecified atom stereocenters. The van der Waals surface area contributed by atoms with Gasteiger partial charge in [0.15, 0.2) is 0 Å². The lowest BCUT2D eigenvalue weighted by atomic mass is 10.1. The molecule has 3 nitrogen and oxygen atoms in total. The van der Waals surface area contributed by atoms with Crippen molar-refractivity contribution in [1.29, 1.82) is 0 Å². The van der Waals surface area contributed by atoms with E-state index in [2.05, 4.69) is 37.3 Å². The number of ether oxygens (including phenoxy) is 1. The number of anilines is 1. The van der Waals surface area contributed by atoms with Crippen LogP contribution in [0.15, 0.2) is 24.3 Å². The molecule has 0 N–H and O–H groups in total. The number of hydrogen-bond acceptors (Lipinski definition) is 3. The summed E-state index contributed by atoms with van der Waals surface area (Å²) in [5.74, 6) is -0.294. The molecular formula is C14H21NO2. The van der Waals surface area contributed by atoms with Crippen molar-refractivity contribution in [3.05, 3.63) is 29.8 Å². The Hall–Kier alpha value is -1.51. The standard InChI is InChI=1S/C14H21NO2/c1-10(2)15(11(3)4)13-8-6-12(7-9-13)14(16)17-5/h6-11H,1-5H3. The van der Waals surface area contributed by atoms with E-state index < -0.39 is 0 Å². The van der Waals surface area contributed by atoms with E-state index in [0.29, 0.717) is 17.6 Å². The smallest absolute Gasteiger partial charge is 0.337 e. The van der Waals surface area contributed by atoms with E-state index in [1.807, 2.05) is 12.1 Å². The molecule has 0 heterocycles. The first-order chi connectivity index (χ1) is 7.97. The van der Waals surface area contributed by atoms with Crippen LogP contribution in [0.25, 0.3) is 0 Å². The van der Waals surface area contributed by atoms with Gasteiger partial charge in [-0.15, -0.1) is 0 Å². The van der Waals surface area contributed by atoms with Crippen LogP contribution in [0, 0.1) is 0 Å². The fraction of sp³-hybridized carbons (Fsp3) is 0.500. The molecule has 0 saturated heterocycles. The molecule has 0 bridgehead atoms. The minimum atomic E-state index is -0.294. The zero-order chi connectivity index (χ0) is 13.0. The Labute approximate surface area is 103 Å². The normalized spacial score (nSPS) is 10.8. The number of benzene rings is 1. The van der Waals surface area contributed by atoms with E-state index in [1.165, 1.54) is 7.11 Å². The first kappa shape index (κ1) is 13.6. The number of carbonyl (C=O) groups excluding carboxylic acids is 1. The molecule has 0 saturated carbocycles. The summed E-state index contributed by atoms with van der Waals surface area (Å²) in [4.78, 5) is 13.6. The molecule has 0 aliphatic carbocycles. The monoisotopic (exact) mass is 235 g/mol. The van der Waals surface area contributed by atoms with E-state index >= 15 is 0 Å². The summed E-state index contributed by atoms with van der Waals surface area (Å²) in [6, 6.07) is 8.40. The average Bonchev–Trinajstić information content (AvgIpc) is 2.28. The minimum Gasteiger partial charge on any atom is -0.465 e. The van der Waals surface area contributed by atoms with Gasteiger partial charge in [-0.05, 0) is 52.0 Å². The molecular weight excluding hydrogens is 214 g/mol. The van der Waals surface area contributed by atoms with Crippen LogP contribution >= 0.6 is 0 Å². The van der Waals surface area contributed by atoms with E-state index in [0.717, 1.165) is 5.69 Å². The molecule has 17 heavy (non-hydrogen) atoms. The van der Waals surface area contributed by atoms with Crippen molar-refractivity contribution in [2.45, 2.75) is 39.8 Å². The maximum atomic E-state index is 11.3. The molecule has 0 aliphatic heterocycles. The van der Waals surface area contributed by atoms with Crippen molar-refractivity contribution in [2.24, 2.45) is 0 Å². The molecule has 3 heteroatoms. The third kappa shape index (κ3) is 3.22. The number of carbonyl (C=O) groups is 1. The molecule has 0 aliphatic rings. The van der Waals surface area contributed by atoms with Crippen molar-refractivity contribution in [3.8, 4) is 0 Å². The largest absolute Gasteiger partial charge is 0.465 e. The Morgan fingerprint density at radius 3 is 1.88 bits per heavy atom. The summed E-state index contributed by atoms with van der Waals surface area (Å²) >= 11 is 0. The highest BCUT2D eigenvalue weighted by Crippen LogP contribution is 2.20. The molecule has 0 radical (unpaired) electrons. The van der Waals surface area contributed by atoms with E-state index in [1.54, 1.807) is 12.1 Å². The van der Waals surface area contributed by atoms with Gasteiger partial charge < -0.3 is 9.64 Å². The van der Waals surface area contributed by atoms with Crippen LogP contribution < -0.4 is 4.90 Å². The quantitative estimate of drug-likeness (QED) is 0.751. The highest BCUT2D eigenvalue weighted by molar-refractivity contribution is 5.89. The molecule has 0 amide bonds. The van der Waals surface area contributed by atoms with Crippen molar-refractivity contribution < 1.29 is 9.53 Å². The lowest BCUT2D eigenvalue weighted by molar-refractivity contribution is 0.0601. The van der Waals surface area contributed by atoms with Crippen LogP contribution in [0.1, 0.15) is 38.1 Å². The first-order valence-corrected chi connectivity index (χ1v) is 5.94. The highest BCUT2D eigenvalue weighted by Gasteiger charge is 2.14. The molecule has 94 valence electrons. The third-order valence-corrected chi connectivity index (χ3v) is 2.70. The van der Waals surface area contributed by atoms with Crippen LogP contribution in [0.5, 0.6) is 0 Å². The maximum absolute atomic E-state index is 11.3. The lowest BCUT2D eigenvalue weighted by Gasteiger charge is -2.33. The summed E-state index contributed by atoms with van der Waals surface area (Å²) < 4.78 is 4.68. The SMILES string of the molecule is COC(=O)c1ccc(N(C(C)C)C(C)C)cc1. The van der Waals surface area contributed by atoms with Crippen LogP contribution in [0.3, 0.4) is 0 Å². The zero-order valence-corrected chi connectivity index (χ0v) is 11.2. The summed E-state index contributed by atoms with van der Waals surface area (Å²) in [6.07, 6.45) is 0. The molecule has 0 fully saturated rings. The Bertz CT molecular complexity index is 360. The van der Waals surface area contributed by atoms with Gasteiger partial charge in [0.25, 0.3) is 0 Å². The van der Waals surface area contributed by atoms with Crippen molar-refractivity contribution >= 4 is 11.7 Å². The van der Waals surface area contributed by atoms with E-state index in [4.69, 9.17) is 0 Å². The van der Waals surface area contributed by atoms with Gasteiger partial charge in [-0.1, -0.05) is 0 Å². The zero-order valence-electron chi connectivity index (χ0n) is 11.2. The number of rotatable bonds is 4. The molecule has 1 rings (SSSR count). The fourth-order valence-corrected chi connectivity index (χ4v) is 2.08. The molecule has 0 spiro atoms. The predicted octanol–water partition coefficient (Wildman–Crippen LogP) is 3.10. The van der Waals surface area contributed by atoms with E-state index in [-0.39, 0.29) is 5.97 Å². The van der Waals surface area contributed by atoms with Gasteiger partial charge in [-0.2, -0.15) is 0 Å². The maximum Gasteiger partial charge on any atom is 0.337 e. The van der Waals surface area contributed by atoms with Gasteiger partial charge in [0, 0.05) is 17.8 Å². The second-order valence-electron chi connectivity index (χ2n) is 4.63. The van der Waals surface area contributed by atoms with Crippen LogP contribution in [0.2, 0.25) is 0 Å². The van der Waals surface area contributed by atoms with Crippen molar-refractivity contribution in [3.63, 3.8) is 0 Å². The van der Waals surface area contributed by atoms with Crippen molar-refractivity contribution in [2.75, 3.05) is 12.0 Å². The summed E-state index contributed by atoms with van der Waals surface area (Å²) in [5, 5.41) is 0. The van der Waals surface area contributed by atoms with Gasteiger partial charge >= 0.3 is 5.97 Å². The summed E-state index contributed by atoms with van der Waals surface area (Å²) in [6.45, 7) is 8.64. The number of methoxy groups -OCH3 is 1. The Morgan fingerprint density at radius 2 is 1.53 bits per heavy atom. The number of nitrogens with zero attached hydrogens (tertiary/aromatic N) is 1. The minimum absolute atomic E-state index is 0.294. The van der Waals surface area contributed by atoms with Gasteiger partial charge in [-0.25, -0.2) is 4.79 Å². The predicted molar refractivity (Wildman–Crippen MR) is 70.5 cm³/mol. The molecule has 0 atom stereocenters. The molecule has 0 aromatic heterocycles. The number of hydrogen-bond donors (Lipinski definition) is 0. The van der Waals surface area contributed by atoms with E-state index in [9.17, 15) is 4.79 Å². The first-order valence-electron chi connectivity index (χ1n) is 5.94.